The summed E-state index contributed by atoms with van der Waals surface area (Å²) >= 11 is 0. The Kier molecular flexibility index (Phi) is 3.64. The summed E-state index contributed by atoms with van der Waals surface area (Å²) in [6.07, 6.45) is 1.31. The Hall–Kier alpha value is -2.69. The normalized spacial score (nSPS) is 10.6. The summed E-state index contributed by atoms with van der Waals surface area (Å²) in [4.78, 5) is 0. The number of benzene rings is 2. The molecule has 21 heavy (non-hydrogen) atoms. The second kappa shape index (κ2) is 5.75. The SMILES string of the molecule is Cc1ccc(-c2nnco2)cc1NCc1ccc(F)cc1. The topological polar surface area (TPSA) is 51.0 Å². The van der Waals surface area contributed by atoms with Gasteiger partial charge in [-0.1, -0.05) is 18.2 Å². The maximum Gasteiger partial charge on any atom is 0.247 e. The number of hydrogen-bond donors (Lipinski definition) is 1. The van der Waals surface area contributed by atoms with Crippen LogP contribution < -0.4 is 5.32 Å². The van der Waals surface area contributed by atoms with E-state index in [1.54, 1.807) is 12.1 Å². The summed E-state index contributed by atoms with van der Waals surface area (Å²) in [6.45, 7) is 2.64. The van der Waals surface area contributed by atoms with Gasteiger partial charge in [0.15, 0.2) is 0 Å². The first-order valence-electron chi connectivity index (χ1n) is 6.58. The first kappa shape index (κ1) is 13.3. The van der Waals surface area contributed by atoms with Crippen LogP contribution in [-0.4, -0.2) is 10.2 Å². The first-order valence-corrected chi connectivity index (χ1v) is 6.58. The Labute approximate surface area is 121 Å². The van der Waals surface area contributed by atoms with Gasteiger partial charge in [0.1, 0.15) is 5.82 Å². The van der Waals surface area contributed by atoms with E-state index in [2.05, 4.69) is 15.5 Å². The highest BCUT2D eigenvalue weighted by molar-refractivity contribution is 5.64. The Morgan fingerprint density at radius 2 is 1.95 bits per heavy atom. The van der Waals surface area contributed by atoms with Crippen LogP contribution in [0.25, 0.3) is 11.5 Å². The molecule has 0 saturated heterocycles. The molecule has 0 unspecified atom stereocenters. The lowest BCUT2D eigenvalue weighted by atomic mass is 10.1. The monoisotopic (exact) mass is 283 g/mol. The zero-order chi connectivity index (χ0) is 14.7. The zero-order valence-electron chi connectivity index (χ0n) is 11.5. The zero-order valence-corrected chi connectivity index (χ0v) is 11.5. The van der Waals surface area contributed by atoms with Crippen LogP contribution in [-0.2, 0) is 6.54 Å². The summed E-state index contributed by atoms with van der Waals surface area (Å²) in [5.74, 6) is 0.258. The number of halogens is 1. The molecule has 1 N–H and O–H groups in total. The van der Waals surface area contributed by atoms with Gasteiger partial charge >= 0.3 is 0 Å². The van der Waals surface area contributed by atoms with Gasteiger partial charge in [0.25, 0.3) is 0 Å². The fourth-order valence-corrected chi connectivity index (χ4v) is 2.04. The van der Waals surface area contributed by atoms with Crippen molar-refractivity contribution >= 4 is 5.69 Å². The molecule has 0 fully saturated rings. The molecule has 1 aromatic heterocycles. The van der Waals surface area contributed by atoms with Gasteiger partial charge < -0.3 is 9.73 Å². The molecule has 0 bridgehead atoms. The lowest BCUT2D eigenvalue weighted by molar-refractivity contribution is 0.568. The maximum atomic E-state index is 12.9. The molecule has 0 atom stereocenters. The molecule has 3 rings (SSSR count). The minimum absolute atomic E-state index is 0.228. The van der Waals surface area contributed by atoms with E-state index in [0.29, 0.717) is 12.4 Å². The molecule has 4 nitrogen and oxygen atoms in total. The average Bonchev–Trinajstić information content (AvgIpc) is 3.02. The number of aromatic nitrogens is 2. The number of rotatable bonds is 4. The van der Waals surface area contributed by atoms with Crippen LogP contribution in [0.1, 0.15) is 11.1 Å². The van der Waals surface area contributed by atoms with Crippen LogP contribution >= 0.6 is 0 Å². The van der Waals surface area contributed by atoms with Crippen molar-refractivity contribution in [2.24, 2.45) is 0 Å². The summed E-state index contributed by atoms with van der Waals surface area (Å²) in [7, 11) is 0. The Morgan fingerprint density at radius 3 is 2.67 bits per heavy atom. The van der Waals surface area contributed by atoms with Crippen molar-refractivity contribution in [3.8, 4) is 11.5 Å². The fourth-order valence-electron chi connectivity index (χ4n) is 2.04. The van der Waals surface area contributed by atoms with Gasteiger partial charge in [0.2, 0.25) is 12.3 Å². The van der Waals surface area contributed by atoms with Crippen LogP contribution in [0.2, 0.25) is 0 Å². The van der Waals surface area contributed by atoms with E-state index in [1.165, 1.54) is 18.5 Å². The highest BCUT2D eigenvalue weighted by Crippen LogP contribution is 2.24. The molecule has 3 aromatic rings. The van der Waals surface area contributed by atoms with Crippen molar-refractivity contribution in [2.45, 2.75) is 13.5 Å². The standard InChI is InChI=1S/C16H14FN3O/c1-11-2-5-13(16-20-19-10-21-16)8-15(11)18-9-12-3-6-14(17)7-4-12/h2-8,10,18H,9H2,1H3. The highest BCUT2D eigenvalue weighted by Gasteiger charge is 2.06. The molecular weight excluding hydrogens is 269 g/mol. The summed E-state index contributed by atoms with van der Waals surface area (Å²) in [6, 6.07) is 12.3. The minimum atomic E-state index is -0.228. The van der Waals surface area contributed by atoms with Gasteiger partial charge in [-0.05, 0) is 42.3 Å². The molecule has 1 heterocycles. The molecule has 0 radical (unpaired) electrons. The molecule has 106 valence electrons. The molecule has 0 saturated carbocycles. The molecule has 0 spiro atoms. The average molecular weight is 283 g/mol. The van der Waals surface area contributed by atoms with Crippen LogP contribution in [0, 0.1) is 12.7 Å². The molecule has 0 aliphatic heterocycles. The lowest BCUT2D eigenvalue weighted by Crippen LogP contribution is -2.01. The second-order valence-corrected chi connectivity index (χ2v) is 4.75. The van der Waals surface area contributed by atoms with Crippen LogP contribution in [0.5, 0.6) is 0 Å². The molecule has 0 amide bonds. The van der Waals surface area contributed by atoms with E-state index in [9.17, 15) is 4.39 Å². The van der Waals surface area contributed by atoms with Gasteiger partial charge in [0.05, 0.1) is 0 Å². The van der Waals surface area contributed by atoms with Gasteiger partial charge in [0, 0.05) is 17.8 Å². The van der Waals surface area contributed by atoms with E-state index in [1.807, 2.05) is 25.1 Å². The summed E-state index contributed by atoms with van der Waals surface area (Å²) in [5, 5.41) is 10.9. The van der Waals surface area contributed by atoms with Crippen molar-refractivity contribution in [2.75, 3.05) is 5.32 Å². The Bertz CT molecular complexity index is 724. The molecule has 5 heteroatoms. The highest BCUT2D eigenvalue weighted by atomic mass is 19.1. The molecule has 0 aliphatic carbocycles. The van der Waals surface area contributed by atoms with Gasteiger partial charge in [-0.2, -0.15) is 0 Å². The second-order valence-electron chi connectivity index (χ2n) is 4.75. The van der Waals surface area contributed by atoms with Gasteiger partial charge in [-0.3, -0.25) is 0 Å². The van der Waals surface area contributed by atoms with Crippen LogP contribution in [0.4, 0.5) is 10.1 Å². The third kappa shape index (κ3) is 3.08. The van der Waals surface area contributed by atoms with Crippen molar-refractivity contribution in [3.05, 3.63) is 65.8 Å². The van der Waals surface area contributed by atoms with Crippen LogP contribution in [0.15, 0.2) is 53.3 Å². The number of aryl methyl sites for hydroxylation is 1. The number of nitrogens with zero attached hydrogens (tertiary/aromatic N) is 2. The summed E-state index contributed by atoms with van der Waals surface area (Å²) in [5.41, 5.74) is 3.97. The van der Waals surface area contributed by atoms with E-state index in [4.69, 9.17) is 4.42 Å². The maximum absolute atomic E-state index is 12.9. The van der Waals surface area contributed by atoms with Crippen LogP contribution in [0.3, 0.4) is 0 Å². The quantitative estimate of drug-likeness (QED) is 0.791. The van der Waals surface area contributed by atoms with E-state index in [-0.39, 0.29) is 5.82 Å². The first-order chi connectivity index (χ1) is 10.2. The third-order valence-corrected chi connectivity index (χ3v) is 3.24. The predicted octanol–water partition coefficient (Wildman–Crippen LogP) is 3.80. The number of anilines is 1. The molecule has 0 aliphatic rings. The lowest BCUT2D eigenvalue weighted by Gasteiger charge is -2.10. The third-order valence-electron chi connectivity index (χ3n) is 3.24. The Morgan fingerprint density at radius 1 is 1.14 bits per heavy atom. The van der Waals surface area contributed by atoms with Gasteiger partial charge in [-0.25, -0.2) is 4.39 Å². The van der Waals surface area contributed by atoms with E-state index in [0.717, 1.165) is 22.4 Å². The van der Waals surface area contributed by atoms with E-state index < -0.39 is 0 Å². The van der Waals surface area contributed by atoms with Crippen molar-refractivity contribution in [1.29, 1.82) is 0 Å². The Balaban J connectivity index is 1.78. The van der Waals surface area contributed by atoms with Crippen molar-refractivity contribution in [3.63, 3.8) is 0 Å². The smallest absolute Gasteiger partial charge is 0.247 e. The van der Waals surface area contributed by atoms with E-state index >= 15 is 0 Å². The largest absolute Gasteiger partial charge is 0.423 e. The van der Waals surface area contributed by atoms with Gasteiger partial charge in [-0.15, -0.1) is 10.2 Å². The molecular formula is C16H14FN3O. The minimum Gasteiger partial charge on any atom is -0.423 e. The number of hydrogen-bond acceptors (Lipinski definition) is 4. The van der Waals surface area contributed by atoms with Crippen molar-refractivity contribution < 1.29 is 8.81 Å². The number of nitrogens with one attached hydrogen (secondary N) is 1. The predicted molar refractivity (Wildman–Crippen MR) is 78.2 cm³/mol. The fraction of sp³-hybridized carbons (Fsp3) is 0.125. The summed E-state index contributed by atoms with van der Waals surface area (Å²) < 4.78 is 18.1. The van der Waals surface area contributed by atoms with Crippen molar-refractivity contribution in [1.82, 2.24) is 10.2 Å². The molecule has 2 aromatic carbocycles.